The second-order valence-corrected chi connectivity index (χ2v) is 4.55. The third-order valence-corrected chi connectivity index (χ3v) is 3.23. The first-order chi connectivity index (χ1) is 8.74. The van der Waals surface area contributed by atoms with Gasteiger partial charge in [0.25, 0.3) is 0 Å². The molecule has 0 atom stereocenters. The molecule has 18 heavy (non-hydrogen) atoms. The van der Waals surface area contributed by atoms with Gasteiger partial charge in [-0.05, 0) is 30.7 Å². The average Bonchev–Trinajstić information content (AvgIpc) is 2.89. The maximum atomic E-state index is 6.23. The van der Waals surface area contributed by atoms with Gasteiger partial charge in [0.2, 0.25) is 0 Å². The molecule has 2 rings (SSSR count). The van der Waals surface area contributed by atoms with Crippen molar-refractivity contribution in [1.29, 1.82) is 0 Å². The predicted molar refractivity (Wildman–Crippen MR) is 74.2 cm³/mol. The van der Waals surface area contributed by atoms with Crippen LogP contribution in [0.1, 0.15) is 18.2 Å². The standard InChI is InChI=1S/C13H14Cl2N2O/c1-2-17(9-11-4-3-5-18-11)13-12(15)6-10(7-14)8-16-13/h3-6,8H,2,7,9H2,1H3. The van der Waals surface area contributed by atoms with Crippen molar-refractivity contribution in [2.75, 3.05) is 11.4 Å². The molecule has 5 heteroatoms. The molecule has 0 aliphatic heterocycles. The van der Waals surface area contributed by atoms with Crippen molar-refractivity contribution >= 4 is 29.0 Å². The highest BCUT2D eigenvalue weighted by molar-refractivity contribution is 6.33. The highest BCUT2D eigenvalue weighted by atomic mass is 35.5. The Morgan fingerprint density at radius 3 is 2.83 bits per heavy atom. The molecule has 2 heterocycles. The molecule has 0 saturated carbocycles. The monoisotopic (exact) mass is 284 g/mol. The van der Waals surface area contributed by atoms with Gasteiger partial charge in [0, 0.05) is 18.6 Å². The van der Waals surface area contributed by atoms with Gasteiger partial charge in [0.1, 0.15) is 11.6 Å². The molecule has 2 aromatic rings. The molecule has 0 bridgehead atoms. The molecule has 0 spiro atoms. The van der Waals surface area contributed by atoms with Crippen molar-refractivity contribution in [3.63, 3.8) is 0 Å². The number of hydrogen-bond donors (Lipinski definition) is 0. The Morgan fingerprint density at radius 1 is 1.44 bits per heavy atom. The Balaban J connectivity index is 2.22. The summed E-state index contributed by atoms with van der Waals surface area (Å²) < 4.78 is 5.34. The summed E-state index contributed by atoms with van der Waals surface area (Å²) in [5, 5.41) is 0.613. The number of alkyl halides is 1. The Kier molecular flexibility index (Phi) is 4.50. The zero-order chi connectivity index (χ0) is 13.0. The van der Waals surface area contributed by atoms with E-state index in [1.54, 1.807) is 12.5 Å². The molecule has 0 aliphatic carbocycles. The van der Waals surface area contributed by atoms with Crippen molar-refractivity contribution in [2.24, 2.45) is 0 Å². The van der Waals surface area contributed by atoms with Gasteiger partial charge in [0.05, 0.1) is 17.8 Å². The minimum atomic E-state index is 0.414. The number of pyridine rings is 1. The first-order valence-electron chi connectivity index (χ1n) is 5.72. The largest absolute Gasteiger partial charge is 0.467 e. The van der Waals surface area contributed by atoms with Crippen LogP contribution in [-0.2, 0) is 12.4 Å². The minimum Gasteiger partial charge on any atom is -0.467 e. The Hall–Kier alpha value is -1.19. The van der Waals surface area contributed by atoms with Crippen LogP contribution in [0.5, 0.6) is 0 Å². The van der Waals surface area contributed by atoms with Crippen LogP contribution in [-0.4, -0.2) is 11.5 Å². The van der Waals surface area contributed by atoms with Crippen LogP contribution in [0.4, 0.5) is 5.82 Å². The summed E-state index contributed by atoms with van der Waals surface area (Å²) in [4.78, 5) is 6.42. The molecule has 0 radical (unpaired) electrons. The fraction of sp³-hybridized carbons (Fsp3) is 0.308. The molecule has 2 aromatic heterocycles. The summed E-state index contributed by atoms with van der Waals surface area (Å²) in [7, 11) is 0. The molecular weight excluding hydrogens is 271 g/mol. The van der Waals surface area contributed by atoms with Crippen molar-refractivity contribution in [2.45, 2.75) is 19.3 Å². The Labute approximate surface area is 116 Å². The summed E-state index contributed by atoms with van der Waals surface area (Å²) in [5.74, 6) is 2.05. The van der Waals surface area contributed by atoms with Gasteiger partial charge < -0.3 is 9.32 Å². The van der Waals surface area contributed by atoms with Crippen LogP contribution in [0.3, 0.4) is 0 Å². The van der Waals surface area contributed by atoms with Crippen LogP contribution in [0.15, 0.2) is 35.1 Å². The van der Waals surface area contributed by atoms with Crippen LogP contribution < -0.4 is 4.90 Å². The highest BCUT2D eigenvalue weighted by Gasteiger charge is 2.12. The maximum absolute atomic E-state index is 6.23. The van der Waals surface area contributed by atoms with Gasteiger partial charge in [-0.1, -0.05) is 11.6 Å². The lowest BCUT2D eigenvalue weighted by Crippen LogP contribution is -2.23. The number of nitrogens with zero attached hydrogens (tertiary/aromatic N) is 2. The van der Waals surface area contributed by atoms with Gasteiger partial charge in [-0.25, -0.2) is 4.98 Å². The lowest BCUT2D eigenvalue weighted by atomic mass is 10.3. The molecule has 0 unspecified atom stereocenters. The molecule has 0 aromatic carbocycles. The lowest BCUT2D eigenvalue weighted by molar-refractivity contribution is 0.503. The van der Waals surface area contributed by atoms with Crippen molar-refractivity contribution in [1.82, 2.24) is 4.98 Å². The van der Waals surface area contributed by atoms with E-state index in [4.69, 9.17) is 27.6 Å². The maximum Gasteiger partial charge on any atom is 0.147 e. The molecule has 0 fully saturated rings. The molecule has 3 nitrogen and oxygen atoms in total. The summed E-state index contributed by atoms with van der Waals surface area (Å²) in [6.45, 7) is 3.50. The van der Waals surface area contributed by atoms with E-state index in [2.05, 4.69) is 16.8 Å². The van der Waals surface area contributed by atoms with Crippen molar-refractivity contribution in [3.05, 3.63) is 47.0 Å². The van der Waals surface area contributed by atoms with Gasteiger partial charge in [-0.3, -0.25) is 0 Å². The zero-order valence-electron chi connectivity index (χ0n) is 10.1. The van der Waals surface area contributed by atoms with Crippen LogP contribution in [0, 0.1) is 0 Å². The van der Waals surface area contributed by atoms with E-state index < -0.39 is 0 Å². The number of rotatable bonds is 5. The smallest absolute Gasteiger partial charge is 0.147 e. The fourth-order valence-electron chi connectivity index (χ4n) is 1.70. The third kappa shape index (κ3) is 2.98. The summed E-state index contributed by atoms with van der Waals surface area (Å²) in [6, 6.07) is 5.65. The van der Waals surface area contributed by atoms with E-state index >= 15 is 0 Å². The van der Waals surface area contributed by atoms with Gasteiger partial charge >= 0.3 is 0 Å². The molecule has 96 valence electrons. The topological polar surface area (TPSA) is 29.3 Å². The fourth-order valence-corrected chi connectivity index (χ4v) is 2.16. The second-order valence-electron chi connectivity index (χ2n) is 3.88. The number of halogens is 2. The highest BCUT2D eigenvalue weighted by Crippen LogP contribution is 2.26. The Bertz CT molecular complexity index is 500. The number of furan rings is 1. The summed E-state index contributed by atoms with van der Waals surface area (Å²) in [5.41, 5.74) is 0.916. The number of aromatic nitrogens is 1. The summed E-state index contributed by atoms with van der Waals surface area (Å²) >= 11 is 12.0. The average molecular weight is 285 g/mol. The van der Waals surface area contributed by atoms with E-state index in [9.17, 15) is 0 Å². The Morgan fingerprint density at radius 2 is 2.28 bits per heavy atom. The molecule has 0 amide bonds. The first kappa shape index (κ1) is 13.2. The molecule has 0 aliphatic rings. The molecule has 0 saturated heterocycles. The van der Waals surface area contributed by atoms with Crippen LogP contribution in [0.2, 0.25) is 5.02 Å². The summed E-state index contributed by atoms with van der Waals surface area (Å²) in [6.07, 6.45) is 3.41. The van der Waals surface area contributed by atoms with E-state index in [1.165, 1.54) is 0 Å². The SMILES string of the molecule is CCN(Cc1ccco1)c1ncc(CCl)cc1Cl. The van der Waals surface area contributed by atoms with Crippen LogP contribution in [0.25, 0.3) is 0 Å². The van der Waals surface area contributed by atoms with Gasteiger partial charge in [-0.15, -0.1) is 11.6 Å². The quantitative estimate of drug-likeness (QED) is 0.775. The van der Waals surface area contributed by atoms with Gasteiger partial charge in [0.15, 0.2) is 0 Å². The third-order valence-electron chi connectivity index (χ3n) is 2.64. The van der Waals surface area contributed by atoms with Crippen molar-refractivity contribution < 1.29 is 4.42 Å². The van der Waals surface area contributed by atoms with Crippen LogP contribution >= 0.6 is 23.2 Å². The van der Waals surface area contributed by atoms with E-state index in [0.29, 0.717) is 17.4 Å². The molecule has 0 N–H and O–H groups in total. The molecular formula is C13H14Cl2N2O. The number of hydrogen-bond acceptors (Lipinski definition) is 3. The van der Waals surface area contributed by atoms with E-state index in [0.717, 1.165) is 23.7 Å². The normalized spacial score (nSPS) is 10.6. The van der Waals surface area contributed by atoms with E-state index in [1.807, 2.05) is 18.2 Å². The second kappa shape index (κ2) is 6.12. The predicted octanol–water partition coefficient (Wildman–Crippen LogP) is 4.09. The van der Waals surface area contributed by atoms with E-state index in [-0.39, 0.29) is 0 Å². The number of anilines is 1. The zero-order valence-corrected chi connectivity index (χ0v) is 11.6. The lowest BCUT2D eigenvalue weighted by Gasteiger charge is -2.22. The van der Waals surface area contributed by atoms with Crippen molar-refractivity contribution in [3.8, 4) is 0 Å². The van der Waals surface area contributed by atoms with Gasteiger partial charge in [-0.2, -0.15) is 0 Å². The minimum absolute atomic E-state index is 0.414. The first-order valence-corrected chi connectivity index (χ1v) is 6.63.